The molecule has 0 spiro atoms. The van der Waals surface area contributed by atoms with Crippen LogP contribution in [0, 0.1) is 0 Å². The van der Waals surface area contributed by atoms with Crippen LogP contribution in [0.1, 0.15) is 37.3 Å². The van der Waals surface area contributed by atoms with Crippen LogP contribution in [-0.2, 0) is 11.0 Å². The number of thioether (sulfide) groups is 1. The second-order valence-corrected chi connectivity index (χ2v) is 7.32. The van der Waals surface area contributed by atoms with Crippen molar-refractivity contribution in [3.05, 3.63) is 35.4 Å². The van der Waals surface area contributed by atoms with Crippen molar-refractivity contribution < 1.29 is 18.0 Å². The maximum absolute atomic E-state index is 12.7. The van der Waals surface area contributed by atoms with Crippen LogP contribution in [0.2, 0.25) is 0 Å². The quantitative estimate of drug-likeness (QED) is 0.883. The molecule has 1 aliphatic rings. The molecule has 1 saturated heterocycles. The Balaban J connectivity index is 2.13. The van der Waals surface area contributed by atoms with Gasteiger partial charge in [0.05, 0.1) is 10.8 Å². The Morgan fingerprint density at radius 3 is 2.39 bits per heavy atom. The van der Waals surface area contributed by atoms with Crippen LogP contribution < -0.4 is 5.32 Å². The highest BCUT2D eigenvalue weighted by atomic mass is 32.2. The average molecular weight is 346 g/mol. The summed E-state index contributed by atoms with van der Waals surface area (Å²) >= 11 is 1.47. The highest BCUT2D eigenvalue weighted by Gasteiger charge is 2.38. The van der Waals surface area contributed by atoms with Crippen LogP contribution in [0.5, 0.6) is 0 Å². The molecule has 2 atom stereocenters. The van der Waals surface area contributed by atoms with Crippen molar-refractivity contribution in [1.29, 1.82) is 0 Å². The van der Waals surface area contributed by atoms with E-state index in [4.69, 9.17) is 0 Å². The average Bonchev–Trinajstić information content (AvgIpc) is 2.74. The van der Waals surface area contributed by atoms with Crippen LogP contribution in [0.4, 0.5) is 13.2 Å². The van der Waals surface area contributed by atoms with Crippen molar-refractivity contribution in [2.75, 3.05) is 13.1 Å². The van der Waals surface area contributed by atoms with Gasteiger partial charge >= 0.3 is 6.18 Å². The van der Waals surface area contributed by atoms with E-state index in [0.29, 0.717) is 19.1 Å². The van der Waals surface area contributed by atoms with Gasteiger partial charge in [-0.1, -0.05) is 26.0 Å². The third-order valence-electron chi connectivity index (χ3n) is 3.68. The molecule has 2 rings (SSSR count). The maximum atomic E-state index is 12.7. The first kappa shape index (κ1) is 18.1. The largest absolute Gasteiger partial charge is 0.416 e. The number of hydrogen-bond acceptors (Lipinski definition) is 3. The number of carbonyl (C=O) groups is 1. The summed E-state index contributed by atoms with van der Waals surface area (Å²) in [6, 6.07) is 5.41. The van der Waals surface area contributed by atoms with Gasteiger partial charge in [0.25, 0.3) is 0 Å². The van der Waals surface area contributed by atoms with E-state index in [1.165, 1.54) is 23.9 Å². The molecule has 128 valence electrons. The molecule has 0 unspecified atom stereocenters. The molecule has 0 radical (unpaired) electrons. The first-order valence-electron chi connectivity index (χ1n) is 7.56. The first-order chi connectivity index (χ1) is 10.7. The molecule has 0 saturated carbocycles. The second-order valence-electron chi connectivity index (χ2n) is 5.89. The lowest BCUT2D eigenvalue weighted by atomic mass is 10.1. The zero-order valence-electron chi connectivity index (χ0n) is 13.4. The van der Waals surface area contributed by atoms with Crippen molar-refractivity contribution in [2.24, 2.45) is 0 Å². The van der Waals surface area contributed by atoms with E-state index in [-0.39, 0.29) is 16.5 Å². The van der Waals surface area contributed by atoms with Gasteiger partial charge < -0.3 is 10.2 Å². The lowest BCUT2D eigenvalue weighted by molar-refractivity contribution is -0.137. The molecular weight excluding hydrogens is 325 g/mol. The normalized spacial score (nSPS) is 22.2. The molecule has 1 aromatic rings. The van der Waals surface area contributed by atoms with Gasteiger partial charge in [-0.05, 0) is 24.6 Å². The van der Waals surface area contributed by atoms with E-state index in [2.05, 4.69) is 5.32 Å². The minimum Gasteiger partial charge on any atom is -0.324 e. The molecular formula is C16H21F3N2OS. The fraction of sp³-hybridized carbons (Fsp3) is 0.562. The third-order valence-corrected chi connectivity index (χ3v) is 5.07. The van der Waals surface area contributed by atoms with Crippen LogP contribution in [0.25, 0.3) is 0 Å². The third kappa shape index (κ3) is 4.41. The molecule has 1 aromatic carbocycles. The number of hydrogen-bond donors (Lipinski definition) is 1. The highest BCUT2D eigenvalue weighted by Crippen LogP contribution is 2.43. The van der Waals surface area contributed by atoms with E-state index in [0.717, 1.165) is 17.7 Å². The van der Waals surface area contributed by atoms with Gasteiger partial charge in [-0.15, -0.1) is 11.8 Å². The Morgan fingerprint density at radius 2 is 1.87 bits per heavy atom. The number of alkyl halides is 3. The lowest BCUT2D eigenvalue weighted by Crippen LogP contribution is -2.38. The summed E-state index contributed by atoms with van der Waals surface area (Å²) in [6.45, 7) is 7.08. The molecule has 1 N–H and O–H groups in total. The summed E-state index contributed by atoms with van der Waals surface area (Å²) < 4.78 is 38.0. The number of benzene rings is 1. The van der Waals surface area contributed by atoms with Gasteiger partial charge in [0.1, 0.15) is 5.37 Å². The van der Waals surface area contributed by atoms with Crippen LogP contribution >= 0.6 is 11.8 Å². The van der Waals surface area contributed by atoms with Gasteiger partial charge in [-0.3, -0.25) is 4.79 Å². The molecule has 0 aromatic heterocycles. The van der Waals surface area contributed by atoms with Gasteiger partial charge in [0.15, 0.2) is 0 Å². The molecule has 7 heteroatoms. The zero-order chi connectivity index (χ0) is 17.2. The zero-order valence-corrected chi connectivity index (χ0v) is 14.2. The Kier molecular flexibility index (Phi) is 5.62. The highest BCUT2D eigenvalue weighted by molar-refractivity contribution is 8.01. The maximum Gasteiger partial charge on any atom is 0.416 e. The summed E-state index contributed by atoms with van der Waals surface area (Å²) in [4.78, 5) is 14.0. The van der Waals surface area contributed by atoms with Gasteiger partial charge in [0.2, 0.25) is 5.91 Å². The van der Waals surface area contributed by atoms with Crippen LogP contribution in [0.15, 0.2) is 24.3 Å². The van der Waals surface area contributed by atoms with Crippen molar-refractivity contribution in [3.63, 3.8) is 0 Å². The lowest BCUT2D eigenvalue weighted by Gasteiger charge is -2.25. The number of nitrogens with one attached hydrogen (secondary N) is 1. The fourth-order valence-corrected chi connectivity index (χ4v) is 3.78. The van der Waals surface area contributed by atoms with Gasteiger partial charge in [-0.25, -0.2) is 0 Å². The number of rotatable bonds is 5. The van der Waals surface area contributed by atoms with Crippen molar-refractivity contribution in [1.82, 2.24) is 10.2 Å². The van der Waals surface area contributed by atoms with Crippen LogP contribution in [0.3, 0.4) is 0 Å². The standard InChI is InChI=1S/C16H21F3N2OS/c1-10(2)20-8-9-21-14(22)11(3)23-15(21)12-4-6-13(7-5-12)16(17,18)19/h4-7,10-11,15,20H,8-9H2,1-3H3/t11-,15-/m1/s1. The summed E-state index contributed by atoms with van der Waals surface area (Å²) in [5.74, 6) is 0.0328. The molecule has 1 heterocycles. The molecule has 0 bridgehead atoms. The minimum atomic E-state index is -4.34. The first-order valence-corrected chi connectivity index (χ1v) is 8.51. The molecule has 1 amide bonds. The Labute approximate surface area is 138 Å². The second kappa shape index (κ2) is 7.13. The summed E-state index contributed by atoms with van der Waals surface area (Å²) in [7, 11) is 0. The number of nitrogens with zero attached hydrogens (tertiary/aromatic N) is 1. The SMILES string of the molecule is CC(C)NCCN1C(=O)[C@@H](C)S[C@@H]1c1ccc(C(F)(F)F)cc1. The van der Waals surface area contributed by atoms with Crippen molar-refractivity contribution in [2.45, 2.75) is 43.6 Å². The predicted molar refractivity (Wildman–Crippen MR) is 86.1 cm³/mol. The molecule has 23 heavy (non-hydrogen) atoms. The fourth-order valence-electron chi connectivity index (χ4n) is 2.47. The summed E-state index contributed by atoms with van der Waals surface area (Å²) in [5.41, 5.74) is 0.0573. The van der Waals surface area contributed by atoms with E-state index in [9.17, 15) is 18.0 Å². The van der Waals surface area contributed by atoms with Crippen molar-refractivity contribution >= 4 is 17.7 Å². The van der Waals surface area contributed by atoms with E-state index >= 15 is 0 Å². The summed E-state index contributed by atoms with van der Waals surface area (Å²) in [6.07, 6.45) is -4.34. The van der Waals surface area contributed by atoms with Gasteiger partial charge in [-0.2, -0.15) is 13.2 Å². The minimum absolute atomic E-state index is 0.0328. The number of halogens is 3. The Bertz CT molecular complexity index is 545. The number of carbonyl (C=O) groups excluding carboxylic acids is 1. The van der Waals surface area contributed by atoms with Crippen molar-refractivity contribution in [3.8, 4) is 0 Å². The molecule has 1 fully saturated rings. The molecule has 3 nitrogen and oxygen atoms in total. The Hall–Kier alpha value is -1.21. The monoisotopic (exact) mass is 346 g/mol. The molecule has 1 aliphatic heterocycles. The number of amides is 1. The topological polar surface area (TPSA) is 32.3 Å². The van der Waals surface area contributed by atoms with Crippen LogP contribution in [-0.4, -0.2) is 35.2 Å². The Morgan fingerprint density at radius 1 is 1.26 bits per heavy atom. The van der Waals surface area contributed by atoms with Gasteiger partial charge in [0, 0.05) is 19.1 Å². The van der Waals surface area contributed by atoms with E-state index in [1.54, 1.807) is 4.90 Å². The predicted octanol–water partition coefficient (Wildman–Crippen LogP) is 3.67. The summed E-state index contributed by atoms with van der Waals surface area (Å²) in [5, 5.41) is 2.85. The molecule has 0 aliphatic carbocycles. The van der Waals surface area contributed by atoms with E-state index < -0.39 is 11.7 Å². The smallest absolute Gasteiger partial charge is 0.324 e. The van der Waals surface area contributed by atoms with E-state index in [1.807, 2.05) is 20.8 Å².